The number of carbonyl (C=O) groups is 1. The first kappa shape index (κ1) is 15.7. The summed E-state index contributed by atoms with van der Waals surface area (Å²) in [6.07, 6.45) is 0. The van der Waals surface area contributed by atoms with Gasteiger partial charge in [0, 0.05) is 23.4 Å². The predicted octanol–water partition coefficient (Wildman–Crippen LogP) is 5.02. The maximum atomic E-state index is 13.3. The molecule has 0 aliphatic carbocycles. The second-order valence-electron chi connectivity index (χ2n) is 4.88. The van der Waals surface area contributed by atoms with Crippen molar-refractivity contribution in [1.29, 1.82) is 0 Å². The van der Waals surface area contributed by atoms with Crippen LogP contribution >= 0.6 is 35.0 Å². The van der Waals surface area contributed by atoms with Crippen molar-refractivity contribution >= 4 is 40.9 Å². The molecule has 1 heterocycles. The van der Waals surface area contributed by atoms with E-state index in [-0.39, 0.29) is 11.3 Å². The average molecular weight is 356 g/mol. The topological polar surface area (TPSA) is 20.3 Å². The average Bonchev–Trinajstić information content (AvgIpc) is 2.98. The van der Waals surface area contributed by atoms with Crippen molar-refractivity contribution < 1.29 is 9.18 Å². The first-order chi connectivity index (χ1) is 10.6. The molecule has 3 rings (SSSR count). The number of carbonyl (C=O) groups excluding carboxylic acids is 1. The summed E-state index contributed by atoms with van der Waals surface area (Å²) in [7, 11) is 0. The Kier molecular flexibility index (Phi) is 4.62. The number of rotatable bonds is 2. The predicted molar refractivity (Wildman–Crippen MR) is 89.1 cm³/mol. The van der Waals surface area contributed by atoms with Gasteiger partial charge >= 0.3 is 0 Å². The van der Waals surface area contributed by atoms with Gasteiger partial charge < -0.3 is 4.90 Å². The van der Waals surface area contributed by atoms with Gasteiger partial charge in [-0.3, -0.25) is 4.79 Å². The molecule has 2 aromatic rings. The highest BCUT2D eigenvalue weighted by atomic mass is 35.5. The number of hydrogen-bond acceptors (Lipinski definition) is 2. The molecule has 1 fully saturated rings. The number of thioether (sulfide) groups is 1. The Morgan fingerprint density at radius 3 is 2.77 bits per heavy atom. The van der Waals surface area contributed by atoms with E-state index < -0.39 is 5.82 Å². The maximum absolute atomic E-state index is 13.3. The minimum Gasteiger partial charge on any atom is -0.322 e. The van der Waals surface area contributed by atoms with Crippen molar-refractivity contribution in [3.05, 3.63) is 69.5 Å². The molecule has 2 nitrogen and oxygen atoms in total. The first-order valence-corrected chi connectivity index (χ1v) is 8.50. The zero-order valence-corrected chi connectivity index (χ0v) is 13.8. The van der Waals surface area contributed by atoms with Crippen molar-refractivity contribution in [3.8, 4) is 0 Å². The summed E-state index contributed by atoms with van der Waals surface area (Å²) in [6.45, 7) is 0.591. The summed E-state index contributed by atoms with van der Waals surface area (Å²) in [5.74, 6) is 0.176. The Balaban J connectivity index is 1.93. The number of nitrogens with zero attached hydrogens (tertiary/aromatic N) is 1. The van der Waals surface area contributed by atoms with Gasteiger partial charge in [0.15, 0.2) is 0 Å². The molecule has 1 aliphatic heterocycles. The number of hydrogen-bond donors (Lipinski definition) is 0. The summed E-state index contributed by atoms with van der Waals surface area (Å²) < 4.78 is 13.3. The summed E-state index contributed by atoms with van der Waals surface area (Å²) in [4.78, 5) is 14.4. The van der Waals surface area contributed by atoms with Crippen LogP contribution in [0, 0.1) is 5.82 Å². The molecule has 2 aromatic carbocycles. The second-order valence-corrected chi connectivity index (χ2v) is 6.85. The Bertz CT molecular complexity index is 725. The van der Waals surface area contributed by atoms with Gasteiger partial charge in [-0.25, -0.2) is 4.39 Å². The van der Waals surface area contributed by atoms with Crippen molar-refractivity contribution in [1.82, 2.24) is 4.90 Å². The van der Waals surface area contributed by atoms with Gasteiger partial charge in [-0.2, -0.15) is 0 Å². The third-order valence-corrected chi connectivity index (χ3v) is 5.55. The second kappa shape index (κ2) is 6.49. The van der Waals surface area contributed by atoms with Crippen molar-refractivity contribution in [2.75, 3.05) is 12.3 Å². The largest absolute Gasteiger partial charge is 0.322 e. The summed E-state index contributed by atoms with van der Waals surface area (Å²) in [5.41, 5.74) is 1.15. The molecule has 0 bridgehead atoms. The highest BCUT2D eigenvalue weighted by Crippen LogP contribution is 2.43. The van der Waals surface area contributed by atoms with Crippen molar-refractivity contribution in [2.45, 2.75) is 5.37 Å². The molecule has 114 valence electrons. The Hall–Kier alpha value is -1.23. The molecule has 0 N–H and O–H groups in total. The molecular formula is C16H12Cl2FNOS. The third-order valence-electron chi connectivity index (χ3n) is 3.47. The normalized spacial score (nSPS) is 17.8. The van der Waals surface area contributed by atoms with Crippen LogP contribution in [0.2, 0.25) is 10.0 Å². The molecule has 22 heavy (non-hydrogen) atoms. The van der Waals surface area contributed by atoms with Gasteiger partial charge in [0.2, 0.25) is 0 Å². The van der Waals surface area contributed by atoms with Crippen LogP contribution < -0.4 is 0 Å². The van der Waals surface area contributed by atoms with E-state index in [1.165, 1.54) is 18.2 Å². The van der Waals surface area contributed by atoms with Gasteiger partial charge in [0.25, 0.3) is 5.91 Å². The van der Waals surface area contributed by atoms with E-state index in [0.717, 1.165) is 11.3 Å². The molecule has 1 saturated heterocycles. The van der Waals surface area contributed by atoms with Gasteiger partial charge in [0.05, 0.1) is 10.0 Å². The van der Waals surface area contributed by atoms with E-state index in [1.54, 1.807) is 28.8 Å². The number of amides is 1. The fourth-order valence-electron chi connectivity index (χ4n) is 2.43. The molecule has 0 unspecified atom stereocenters. The summed E-state index contributed by atoms with van der Waals surface area (Å²) >= 11 is 14.0. The lowest BCUT2D eigenvalue weighted by molar-refractivity contribution is 0.0760. The van der Waals surface area contributed by atoms with E-state index in [2.05, 4.69) is 0 Å². The lowest BCUT2D eigenvalue weighted by Gasteiger charge is -2.25. The first-order valence-electron chi connectivity index (χ1n) is 6.70. The van der Waals surface area contributed by atoms with Crippen LogP contribution in [0.15, 0.2) is 42.5 Å². The van der Waals surface area contributed by atoms with Crippen LogP contribution in [-0.4, -0.2) is 23.1 Å². The molecule has 0 saturated carbocycles. The van der Waals surface area contributed by atoms with Gasteiger partial charge in [-0.1, -0.05) is 41.4 Å². The van der Waals surface area contributed by atoms with Crippen LogP contribution in [0.1, 0.15) is 21.3 Å². The van der Waals surface area contributed by atoms with Crippen molar-refractivity contribution in [2.24, 2.45) is 0 Å². The quantitative estimate of drug-likeness (QED) is 0.753. The summed E-state index contributed by atoms with van der Waals surface area (Å²) in [6, 6.07) is 11.1. The lowest BCUT2D eigenvalue weighted by atomic mass is 10.1. The molecule has 0 spiro atoms. The highest BCUT2D eigenvalue weighted by molar-refractivity contribution is 7.99. The molecule has 1 amide bonds. The number of halogens is 3. The number of benzene rings is 2. The van der Waals surface area contributed by atoms with Gasteiger partial charge in [0.1, 0.15) is 11.2 Å². The Morgan fingerprint density at radius 1 is 1.23 bits per heavy atom. The monoisotopic (exact) mass is 355 g/mol. The highest BCUT2D eigenvalue weighted by Gasteiger charge is 2.33. The third kappa shape index (κ3) is 2.96. The SMILES string of the molecule is O=C(c1cccc(F)c1)N1CCS[C@H]1c1cccc(Cl)c1Cl. The zero-order chi connectivity index (χ0) is 15.7. The molecule has 1 aliphatic rings. The molecule has 1 atom stereocenters. The fraction of sp³-hybridized carbons (Fsp3) is 0.188. The molecule has 0 aromatic heterocycles. The fourth-order valence-corrected chi connectivity index (χ4v) is 4.19. The Morgan fingerprint density at radius 2 is 2.00 bits per heavy atom. The minimum absolute atomic E-state index is 0.203. The smallest absolute Gasteiger partial charge is 0.255 e. The van der Waals surface area contributed by atoms with E-state index in [1.807, 2.05) is 12.1 Å². The standard InChI is InChI=1S/C16H12Cl2FNOS/c17-13-6-2-5-12(14(13)18)16-20(7-8-22-16)15(21)10-3-1-4-11(19)9-10/h1-6,9,16H,7-8H2/t16-/m0/s1. The van der Waals surface area contributed by atoms with Crippen molar-refractivity contribution in [3.63, 3.8) is 0 Å². The van der Waals surface area contributed by atoms with E-state index in [4.69, 9.17) is 23.2 Å². The van der Waals surface area contributed by atoms with Crippen LogP contribution in [-0.2, 0) is 0 Å². The van der Waals surface area contributed by atoms with E-state index >= 15 is 0 Å². The maximum Gasteiger partial charge on any atom is 0.255 e. The van der Waals surface area contributed by atoms with Gasteiger partial charge in [-0.05, 0) is 24.3 Å². The van der Waals surface area contributed by atoms with E-state index in [0.29, 0.717) is 22.2 Å². The van der Waals surface area contributed by atoms with Crippen LogP contribution in [0.25, 0.3) is 0 Å². The van der Waals surface area contributed by atoms with Crippen LogP contribution in [0.3, 0.4) is 0 Å². The van der Waals surface area contributed by atoms with Crippen LogP contribution in [0.4, 0.5) is 4.39 Å². The van der Waals surface area contributed by atoms with Gasteiger partial charge in [-0.15, -0.1) is 11.8 Å². The molecule has 6 heteroatoms. The summed E-state index contributed by atoms with van der Waals surface area (Å²) in [5, 5.41) is 0.715. The Labute approximate surface area is 142 Å². The minimum atomic E-state index is -0.421. The van der Waals surface area contributed by atoms with Crippen LogP contribution in [0.5, 0.6) is 0 Å². The van der Waals surface area contributed by atoms with E-state index in [9.17, 15) is 9.18 Å². The zero-order valence-electron chi connectivity index (χ0n) is 11.4. The lowest BCUT2D eigenvalue weighted by Crippen LogP contribution is -2.30. The molecular weight excluding hydrogens is 344 g/mol. The molecule has 0 radical (unpaired) electrons.